The van der Waals surface area contributed by atoms with Crippen LogP contribution in [0.2, 0.25) is 0 Å². The Morgan fingerprint density at radius 2 is 1.95 bits per heavy atom. The van der Waals surface area contributed by atoms with Crippen LogP contribution in [0, 0.1) is 0 Å². The summed E-state index contributed by atoms with van der Waals surface area (Å²) in [7, 11) is -3.40. The highest BCUT2D eigenvalue weighted by Crippen LogP contribution is 2.23. The molecule has 0 fully saturated rings. The number of rotatable bonds is 8. The highest BCUT2D eigenvalue weighted by Gasteiger charge is 2.25. The van der Waals surface area contributed by atoms with Crippen molar-refractivity contribution in [1.82, 2.24) is 10.0 Å². The minimum absolute atomic E-state index is 0.401. The molecule has 0 aromatic carbocycles. The standard InChI is InChI=1S/C14H26N2O2S2/c1-6-14(4,5)16-20(17,18)13-8-7-12(19-13)9-10-15-11(2)3/h7-8,11,15-16H,6,9-10H2,1-5H3. The van der Waals surface area contributed by atoms with Gasteiger partial charge in [-0.3, -0.25) is 0 Å². The number of hydrogen-bond donors (Lipinski definition) is 2. The zero-order chi connectivity index (χ0) is 15.4. The summed E-state index contributed by atoms with van der Waals surface area (Å²) in [4.78, 5) is 1.09. The second-order valence-corrected chi connectivity index (χ2v) is 9.00. The highest BCUT2D eigenvalue weighted by molar-refractivity contribution is 7.91. The number of sulfonamides is 1. The lowest BCUT2D eigenvalue weighted by Gasteiger charge is -2.23. The summed E-state index contributed by atoms with van der Waals surface area (Å²) in [5, 5.41) is 3.33. The van der Waals surface area contributed by atoms with Gasteiger partial charge in [0.15, 0.2) is 0 Å². The zero-order valence-electron chi connectivity index (χ0n) is 13.0. The minimum Gasteiger partial charge on any atom is -0.314 e. The third-order valence-corrected chi connectivity index (χ3v) is 6.46. The molecule has 20 heavy (non-hydrogen) atoms. The minimum atomic E-state index is -3.40. The molecule has 0 saturated heterocycles. The molecule has 4 nitrogen and oxygen atoms in total. The van der Waals surface area contributed by atoms with Crippen molar-refractivity contribution in [2.75, 3.05) is 6.54 Å². The second-order valence-electron chi connectivity index (χ2n) is 5.92. The monoisotopic (exact) mass is 318 g/mol. The Kier molecular flexibility index (Phi) is 6.19. The van der Waals surface area contributed by atoms with Gasteiger partial charge in [-0.1, -0.05) is 20.8 Å². The fraction of sp³-hybridized carbons (Fsp3) is 0.714. The summed E-state index contributed by atoms with van der Waals surface area (Å²) in [5.41, 5.74) is -0.414. The fourth-order valence-electron chi connectivity index (χ4n) is 1.61. The molecule has 0 saturated carbocycles. The lowest BCUT2D eigenvalue weighted by molar-refractivity contribution is 0.440. The van der Waals surface area contributed by atoms with Crippen molar-refractivity contribution in [1.29, 1.82) is 0 Å². The van der Waals surface area contributed by atoms with Gasteiger partial charge in [-0.15, -0.1) is 11.3 Å². The topological polar surface area (TPSA) is 58.2 Å². The highest BCUT2D eigenvalue weighted by atomic mass is 32.2. The number of thiophene rings is 1. The molecule has 2 N–H and O–H groups in total. The van der Waals surface area contributed by atoms with Gasteiger partial charge in [0.2, 0.25) is 0 Å². The quantitative estimate of drug-likeness (QED) is 0.775. The third-order valence-electron chi connectivity index (χ3n) is 3.12. The first-order chi connectivity index (χ1) is 9.16. The van der Waals surface area contributed by atoms with E-state index in [1.54, 1.807) is 6.07 Å². The van der Waals surface area contributed by atoms with E-state index < -0.39 is 15.6 Å². The van der Waals surface area contributed by atoms with E-state index in [2.05, 4.69) is 23.9 Å². The van der Waals surface area contributed by atoms with Crippen molar-refractivity contribution >= 4 is 21.4 Å². The van der Waals surface area contributed by atoms with Gasteiger partial charge in [0.05, 0.1) is 0 Å². The molecule has 1 heterocycles. The van der Waals surface area contributed by atoms with E-state index in [1.807, 2.05) is 26.8 Å². The second kappa shape index (κ2) is 7.02. The molecule has 0 aliphatic carbocycles. The predicted octanol–water partition coefficient (Wildman–Crippen LogP) is 2.76. The zero-order valence-corrected chi connectivity index (χ0v) is 14.6. The summed E-state index contributed by atoms with van der Waals surface area (Å²) in [6.07, 6.45) is 1.61. The molecule has 0 unspecified atom stereocenters. The van der Waals surface area contributed by atoms with Crippen LogP contribution in [-0.4, -0.2) is 26.5 Å². The van der Waals surface area contributed by atoms with Crippen LogP contribution in [0.1, 0.15) is 45.9 Å². The molecule has 116 valence electrons. The lowest BCUT2D eigenvalue weighted by atomic mass is 10.0. The molecule has 0 bridgehead atoms. The summed E-state index contributed by atoms with van der Waals surface area (Å²) >= 11 is 1.35. The molecule has 0 amide bonds. The van der Waals surface area contributed by atoms with E-state index in [0.717, 1.165) is 24.3 Å². The molecule has 0 spiro atoms. The third kappa shape index (κ3) is 5.52. The fourth-order valence-corrected chi connectivity index (χ4v) is 4.45. The number of nitrogens with one attached hydrogen (secondary N) is 2. The van der Waals surface area contributed by atoms with Crippen LogP contribution in [-0.2, 0) is 16.4 Å². The first kappa shape index (κ1) is 17.6. The van der Waals surface area contributed by atoms with Gasteiger partial charge in [0.25, 0.3) is 10.0 Å². The maximum absolute atomic E-state index is 12.3. The van der Waals surface area contributed by atoms with Gasteiger partial charge in [-0.2, -0.15) is 0 Å². The van der Waals surface area contributed by atoms with Crippen molar-refractivity contribution in [3.63, 3.8) is 0 Å². The molecule has 0 radical (unpaired) electrons. The Hall–Kier alpha value is -0.430. The van der Waals surface area contributed by atoms with E-state index in [1.165, 1.54) is 11.3 Å². The first-order valence-electron chi connectivity index (χ1n) is 7.02. The van der Waals surface area contributed by atoms with Crippen molar-refractivity contribution in [3.8, 4) is 0 Å². The van der Waals surface area contributed by atoms with Crippen molar-refractivity contribution < 1.29 is 8.42 Å². The van der Waals surface area contributed by atoms with Gasteiger partial charge in [-0.25, -0.2) is 13.1 Å². The van der Waals surface area contributed by atoms with Crippen molar-refractivity contribution in [2.24, 2.45) is 0 Å². The maximum Gasteiger partial charge on any atom is 0.250 e. The van der Waals surface area contributed by atoms with Crippen LogP contribution < -0.4 is 10.0 Å². The summed E-state index contributed by atoms with van der Waals surface area (Å²) < 4.78 is 27.7. The molecule has 0 atom stereocenters. The SMILES string of the molecule is CCC(C)(C)NS(=O)(=O)c1ccc(CCNC(C)C)s1. The van der Waals surface area contributed by atoms with E-state index >= 15 is 0 Å². The van der Waals surface area contributed by atoms with Crippen LogP contribution in [0.4, 0.5) is 0 Å². The molecular weight excluding hydrogens is 292 g/mol. The Labute approximate surface area is 127 Å². The maximum atomic E-state index is 12.3. The Morgan fingerprint density at radius 3 is 2.50 bits per heavy atom. The number of hydrogen-bond acceptors (Lipinski definition) is 4. The van der Waals surface area contributed by atoms with Crippen LogP contribution in [0.15, 0.2) is 16.3 Å². The van der Waals surface area contributed by atoms with Crippen LogP contribution >= 0.6 is 11.3 Å². The smallest absolute Gasteiger partial charge is 0.250 e. The van der Waals surface area contributed by atoms with E-state index in [-0.39, 0.29) is 0 Å². The predicted molar refractivity (Wildman–Crippen MR) is 85.9 cm³/mol. The molecule has 1 aromatic heterocycles. The van der Waals surface area contributed by atoms with Gasteiger partial charge < -0.3 is 5.32 Å². The van der Waals surface area contributed by atoms with Gasteiger partial charge in [-0.05, 0) is 38.8 Å². The molecule has 6 heteroatoms. The van der Waals surface area contributed by atoms with E-state index in [0.29, 0.717) is 10.3 Å². The van der Waals surface area contributed by atoms with Crippen LogP contribution in [0.3, 0.4) is 0 Å². The van der Waals surface area contributed by atoms with Crippen LogP contribution in [0.5, 0.6) is 0 Å². The molecule has 0 aliphatic rings. The van der Waals surface area contributed by atoms with Crippen molar-refractivity contribution in [2.45, 2.75) is 63.3 Å². The largest absolute Gasteiger partial charge is 0.314 e. The summed E-state index contributed by atoms with van der Waals surface area (Å²) in [5.74, 6) is 0. The molecule has 1 rings (SSSR count). The van der Waals surface area contributed by atoms with Gasteiger partial charge in [0.1, 0.15) is 4.21 Å². The first-order valence-corrected chi connectivity index (χ1v) is 9.32. The Morgan fingerprint density at radius 1 is 1.30 bits per heavy atom. The lowest BCUT2D eigenvalue weighted by Crippen LogP contribution is -2.42. The summed E-state index contributed by atoms with van der Waals surface area (Å²) in [6, 6.07) is 4.05. The van der Waals surface area contributed by atoms with Gasteiger partial charge in [0, 0.05) is 23.0 Å². The van der Waals surface area contributed by atoms with E-state index in [9.17, 15) is 8.42 Å². The molecular formula is C14H26N2O2S2. The average Bonchev–Trinajstić information content (AvgIpc) is 2.77. The van der Waals surface area contributed by atoms with E-state index in [4.69, 9.17) is 0 Å². The van der Waals surface area contributed by atoms with Gasteiger partial charge >= 0.3 is 0 Å². The van der Waals surface area contributed by atoms with Crippen molar-refractivity contribution in [3.05, 3.63) is 17.0 Å². The molecule has 1 aromatic rings. The Bertz CT molecular complexity index is 519. The normalized spacial score (nSPS) is 13.1. The average molecular weight is 319 g/mol. The van der Waals surface area contributed by atoms with Crippen LogP contribution in [0.25, 0.3) is 0 Å². The summed E-state index contributed by atoms with van der Waals surface area (Å²) in [6.45, 7) is 10.8. The Balaban J connectivity index is 2.71. The molecule has 0 aliphatic heterocycles.